The minimum atomic E-state index is 0.955. The third-order valence-corrected chi connectivity index (χ3v) is 2.84. The van der Waals surface area contributed by atoms with Gasteiger partial charge in [-0.25, -0.2) is 0 Å². The zero-order valence-electron chi connectivity index (χ0n) is 12.0. The van der Waals surface area contributed by atoms with Gasteiger partial charge in [-0.2, -0.15) is 0 Å². The van der Waals surface area contributed by atoms with Crippen molar-refractivity contribution in [2.24, 2.45) is 0 Å². The van der Waals surface area contributed by atoms with Crippen molar-refractivity contribution in [1.29, 1.82) is 0 Å². The first-order chi connectivity index (χ1) is 8.63. The molecule has 1 rings (SSSR count). The quantitative estimate of drug-likeness (QED) is 0.560. The van der Waals surface area contributed by atoms with Crippen molar-refractivity contribution in [2.75, 3.05) is 20.1 Å². The summed E-state index contributed by atoms with van der Waals surface area (Å²) in [7, 11) is 2.14. The second kappa shape index (κ2) is 8.06. The molecule has 0 atom stereocenters. The molecule has 0 amide bonds. The molecule has 2 heteroatoms. The summed E-state index contributed by atoms with van der Waals surface area (Å²) in [5.41, 5.74) is 4.02. The fourth-order valence-corrected chi connectivity index (χ4v) is 2.09. The summed E-state index contributed by atoms with van der Waals surface area (Å²) in [6.07, 6.45) is 1.18. The number of hydrogen-bond acceptors (Lipinski definition) is 2. The molecule has 0 bridgehead atoms. The van der Waals surface area contributed by atoms with Gasteiger partial charge in [0, 0.05) is 19.6 Å². The van der Waals surface area contributed by atoms with E-state index in [2.05, 4.69) is 62.0 Å². The molecule has 0 unspecified atom stereocenters. The van der Waals surface area contributed by atoms with Crippen LogP contribution in [0.4, 0.5) is 0 Å². The lowest BCUT2D eigenvalue weighted by molar-refractivity contribution is 0.354. The van der Waals surface area contributed by atoms with Gasteiger partial charge in [0.2, 0.25) is 0 Å². The third kappa shape index (κ3) is 5.48. The molecule has 2 nitrogen and oxygen atoms in total. The van der Waals surface area contributed by atoms with Gasteiger partial charge < -0.3 is 5.32 Å². The van der Waals surface area contributed by atoms with E-state index in [1.54, 1.807) is 0 Å². The molecule has 0 fully saturated rings. The molecule has 1 aromatic rings. The van der Waals surface area contributed by atoms with Crippen LogP contribution in [0.25, 0.3) is 0 Å². The number of benzene rings is 1. The molecular formula is C16H26N2. The van der Waals surface area contributed by atoms with Gasteiger partial charge in [-0.05, 0) is 38.1 Å². The molecular weight excluding hydrogens is 220 g/mol. The highest BCUT2D eigenvalue weighted by molar-refractivity contribution is 5.27. The van der Waals surface area contributed by atoms with E-state index in [1.165, 1.54) is 23.1 Å². The van der Waals surface area contributed by atoms with Crippen LogP contribution < -0.4 is 5.32 Å². The lowest BCUT2D eigenvalue weighted by Crippen LogP contribution is -2.22. The maximum absolute atomic E-state index is 3.97. The molecule has 0 aliphatic rings. The predicted molar refractivity (Wildman–Crippen MR) is 79.6 cm³/mol. The average molecular weight is 246 g/mol. The summed E-state index contributed by atoms with van der Waals surface area (Å²) in [5.74, 6) is 0. The highest BCUT2D eigenvalue weighted by Gasteiger charge is 2.05. The van der Waals surface area contributed by atoms with Crippen molar-refractivity contribution in [1.82, 2.24) is 10.2 Å². The molecule has 0 aliphatic carbocycles. The van der Waals surface area contributed by atoms with Gasteiger partial charge in [0.25, 0.3) is 0 Å². The first-order valence-electron chi connectivity index (χ1n) is 6.74. The number of rotatable bonds is 8. The largest absolute Gasteiger partial charge is 0.313 e. The van der Waals surface area contributed by atoms with Crippen molar-refractivity contribution < 1.29 is 0 Å². The standard InChI is InChI=1S/C16H26N2/c1-5-10-17-11-15-8-6-7-9-16(15)13-18(4)12-14(2)3/h6-9,17H,2,5,10-13H2,1,3-4H3. The minimum absolute atomic E-state index is 0.955. The van der Waals surface area contributed by atoms with Crippen LogP contribution >= 0.6 is 0 Å². The second-order valence-corrected chi connectivity index (χ2v) is 5.07. The van der Waals surface area contributed by atoms with E-state index in [4.69, 9.17) is 0 Å². The van der Waals surface area contributed by atoms with Crippen molar-refractivity contribution >= 4 is 0 Å². The Bertz CT molecular complexity index is 371. The molecule has 0 radical (unpaired) electrons. The van der Waals surface area contributed by atoms with Crippen molar-refractivity contribution in [3.05, 3.63) is 47.5 Å². The predicted octanol–water partition coefficient (Wildman–Crippen LogP) is 3.19. The molecule has 18 heavy (non-hydrogen) atoms. The maximum Gasteiger partial charge on any atom is 0.0237 e. The first kappa shape index (κ1) is 14.9. The molecule has 1 aromatic carbocycles. The van der Waals surface area contributed by atoms with E-state index >= 15 is 0 Å². The summed E-state index contributed by atoms with van der Waals surface area (Å²) in [5, 5.41) is 3.47. The van der Waals surface area contributed by atoms with Gasteiger partial charge in [-0.1, -0.05) is 43.3 Å². The van der Waals surface area contributed by atoms with E-state index in [-0.39, 0.29) is 0 Å². The van der Waals surface area contributed by atoms with Gasteiger partial charge in [-0.3, -0.25) is 4.90 Å². The van der Waals surface area contributed by atoms with Crippen LogP contribution in [0.3, 0.4) is 0 Å². The fraction of sp³-hybridized carbons (Fsp3) is 0.500. The van der Waals surface area contributed by atoms with Crippen molar-refractivity contribution in [3.63, 3.8) is 0 Å². The van der Waals surface area contributed by atoms with Crippen LogP contribution in [-0.2, 0) is 13.1 Å². The minimum Gasteiger partial charge on any atom is -0.313 e. The SMILES string of the molecule is C=C(C)CN(C)Cc1ccccc1CNCCC. The molecule has 0 saturated heterocycles. The number of likely N-dealkylation sites (N-methyl/N-ethyl adjacent to an activating group) is 1. The first-order valence-corrected chi connectivity index (χ1v) is 6.74. The van der Waals surface area contributed by atoms with Crippen LogP contribution in [0.15, 0.2) is 36.4 Å². The second-order valence-electron chi connectivity index (χ2n) is 5.07. The zero-order chi connectivity index (χ0) is 13.4. The molecule has 100 valence electrons. The Hall–Kier alpha value is -1.12. The smallest absolute Gasteiger partial charge is 0.0237 e. The van der Waals surface area contributed by atoms with Crippen LogP contribution in [0, 0.1) is 0 Å². The molecule has 0 spiro atoms. The average Bonchev–Trinajstić information content (AvgIpc) is 2.30. The van der Waals surface area contributed by atoms with E-state index in [1.807, 2.05) is 0 Å². The zero-order valence-corrected chi connectivity index (χ0v) is 12.0. The summed E-state index contributed by atoms with van der Waals surface area (Å²) in [6.45, 7) is 12.2. The lowest BCUT2D eigenvalue weighted by atomic mass is 10.1. The summed E-state index contributed by atoms with van der Waals surface area (Å²) < 4.78 is 0. The molecule has 1 N–H and O–H groups in total. The Balaban J connectivity index is 2.60. The number of nitrogens with zero attached hydrogens (tertiary/aromatic N) is 1. The van der Waals surface area contributed by atoms with Crippen LogP contribution in [0.1, 0.15) is 31.4 Å². The Morgan fingerprint density at radius 1 is 1.28 bits per heavy atom. The number of hydrogen-bond donors (Lipinski definition) is 1. The Morgan fingerprint density at radius 2 is 1.94 bits per heavy atom. The monoisotopic (exact) mass is 246 g/mol. The van der Waals surface area contributed by atoms with E-state index in [9.17, 15) is 0 Å². The molecule has 0 aliphatic heterocycles. The Kier molecular flexibility index (Phi) is 6.69. The van der Waals surface area contributed by atoms with Crippen molar-refractivity contribution in [2.45, 2.75) is 33.4 Å². The normalized spacial score (nSPS) is 10.9. The van der Waals surface area contributed by atoms with Gasteiger partial charge >= 0.3 is 0 Å². The van der Waals surface area contributed by atoms with E-state index in [0.29, 0.717) is 0 Å². The van der Waals surface area contributed by atoms with Gasteiger partial charge in [0.05, 0.1) is 0 Å². The summed E-state index contributed by atoms with van der Waals surface area (Å²) in [6, 6.07) is 8.67. The topological polar surface area (TPSA) is 15.3 Å². The highest BCUT2D eigenvalue weighted by Crippen LogP contribution is 2.11. The fourth-order valence-electron chi connectivity index (χ4n) is 2.09. The summed E-state index contributed by atoms with van der Waals surface area (Å²) >= 11 is 0. The van der Waals surface area contributed by atoms with Crippen LogP contribution in [0.5, 0.6) is 0 Å². The summed E-state index contributed by atoms with van der Waals surface area (Å²) in [4.78, 5) is 2.31. The van der Waals surface area contributed by atoms with Crippen LogP contribution in [-0.4, -0.2) is 25.0 Å². The third-order valence-electron chi connectivity index (χ3n) is 2.84. The van der Waals surface area contributed by atoms with Gasteiger partial charge in [0.1, 0.15) is 0 Å². The van der Waals surface area contributed by atoms with Gasteiger partial charge in [-0.15, -0.1) is 0 Å². The molecule has 0 heterocycles. The van der Waals surface area contributed by atoms with Crippen molar-refractivity contribution in [3.8, 4) is 0 Å². The van der Waals surface area contributed by atoms with Gasteiger partial charge in [0.15, 0.2) is 0 Å². The van der Waals surface area contributed by atoms with E-state index in [0.717, 1.165) is 26.2 Å². The number of nitrogens with one attached hydrogen (secondary N) is 1. The Labute approximate surface area is 112 Å². The molecule has 0 aromatic heterocycles. The lowest BCUT2D eigenvalue weighted by Gasteiger charge is -2.19. The highest BCUT2D eigenvalue weighted by atomic mass is 15.1. The maximum atomic E-state index is 3.97. The molecule has 0 saturated carbocycles. The Morgan fingerprint density at radius 3 is 2.56 bits per heavy atom. The van der Waals surface area contributed by atoms with E-state index < -0.39 is 0 Å². The van der Waals surface area contributed by atoms with Crippen LogP contribution in [0.2, 0.25) is 0 Å².